The highest BCUT2D eigenvalue weighted by molar-refractivity contribution is 5.78. The Balaban J connectivity index is 2.36. The van der Waals surface area contributed by atoms with Gasteiger partial charge in [0.25, 0.3) is 0 Å². The number of hydrogen-bond donors (Lipinski definition) is 1. The van der Waals surface area contributed by atoms with Crippen molar-refractivity contribution in [3.05, 3.63) is 0 Å². The van der Waals surface area contributed by atoms with Crippen LogP contribution in [0.25, 0.3) is 0 Å². The van der Waals surface area contributed by atoms with Crippen LogP contribution in [0.1, 0.15) is 72.1 Å². The number of carbonyl (C=O) groups is 2. The number of amides is 2. The maximum Gasteiger partial charge on any atom is 0.221 e. The molecule has 0 heterocycles. The first kappa shape index (κ1) is 18.0. The van der Waals surface area contributed by atoms with Gasteiger partial charge in [-0.2, -0.15) is 0 Å². The molecule has 4 heteroatoms. The molecule has 0 unspecified atom stereocenters. The van der Waals surface area contributed by atoms with Crippen LogP contribution in [0.3, 0.4) is 0 Å². The molecule has 0 aliphatic heterocycles. The minimum absolute atomic E-state index is 0.0653. The molecule has 1 aliphatic rings. The predicted octanol–water partition coefficient (Wildman–Crippen LogP) is 3.11. The lowest BCUT2D eigenvalue weighted by Gasteiger charge is -2.30. The predicted molar refractivity (Wildman–Crippen MR) is 86.0 cm³/mol. The molecule has 0 aromatic carbocycles. The maximum atomic E-state index is 11.9. The zero-order valence-electron chi connectivity index (χ0n) is 14.0. The topological polar surface area (TPSA) is 49.4 Å². The van der Waals surface area contributed by atoms with Gasteiger partial charge < -0.3 is 10.2 Å². The Morgan fingerprint density at radius 1 is 1.14 bits per heavy atom. The van der Waals surface area contributed by atoms with Gasteiger partial charge in [0.2, 0.25) is 11.8 Å². The molecule has 1 N–H and O–H groups in total. The van der Waals surface area contributed by atoms with Crippen LogP contribution in [0, 0.1) is 5.92 Å². The third kappa shape index (κ3) is 7.49. The van der Waals surface area contributed by atoms with Crippen molar-refractivity contribution in [2.75, 3.05) is 13.1 Å². The number of nitrogens with one attached hydrogen (secondary N) is 1. The van der Waals surface area contributed by atoms with E-state index in [0.29, 0.717) is 24.9 Å². The SMILES string of the molecule is CC(=O)N(CCC(=O)NCCC(C)C)C1CCCCCC1. The van der Waals surface area contributed by atoms with Crippen LogP contribution in [0.5, 0.6) is 0 Å². The molecule has 0 spiro atoms. The van der Waals surface area contributed by atoms with Crippen LogP contribution in [-0.4, -0.2) is 35.8 Å². The van der Waals surface area contributed by atoms with E-state index in [0.717, 1.165) is 25.8 Å². The fourth-order valence-corrected chi connectivity index (χ4v) is 2.98. The van der Waals surface area contributed by atoms with Gasteiger partial charge in [0.15, 0.2) is 0 Å². The van der Waals surface area contributed by atoms with Crippen LogP contribution in [-0.2, 0) is 9.59 Å². The van der Waals surface area contributed by atoms with E-state index in [-0.39, 0.29) is 11.8 Å². The van der Waals surface area contributed by atoms with Crippen molar-refractivity contribution < 1.29 is 9.59 Å². The van der Waals surface area contributed by atoms with E-state index in [1.165, 1.54) is 25.7 Å². The standard InChI is InChI=1S/C17H32N2O2/c1-14(2)10-12-18-17(21)11-13-19(15(3)20)16-8-6-4-5-7-9-16/h14,16H,4-13H2,1-3H3,(H,18,21). The van der Waals surface area contributed by atoms with E-state index in [2.05, 4.69) is 19.2 Å². The third-order valence-electron chi connectivity index (χ3n) is 4.29. The second-order valence-corrected chi connectivity index (χ2v) is 6.64. The Bertz CT molecular complexity index is 321. The lowest BCUT2D eigenvalue weighted by Crippen LogP contribution is -2.41. The number of nitrogens with zero attached hydrogens (tertiary/aromatic N) is 1. The lowest BCUT2D eigenvalue weighted by molar-refractivity contribution is -0.132. The number of carbonyl (C=O) groups excluding carboxylic acids is 2. The van der Waals surface area contributed by atoms with Gasteiger partial charge in [0.1, 0.15) is 0 Å². The Kier molecular flexibility index (Phi) is 8.40. The second kappa shape index (κ2) is 9.80. The summed E-state index contributed by atoms with van der Waals surface area (Å²) in [5, 5.41) is 2.95. The van der Waals surface area contributed by atoms with Gasteiger partial charge in [-0.05, 0) is 25.2 Å². The lowest BCUT2D eigenvalue weighted by atomic mass is 10.1. The molecule has 0 radical (unpaired) electrons. The van der Waals surface area contributed by atoms with Crippen LogP contribution in [0.2, 0.25) is 0 Å². The minimum atomic E-state index is 0.0653. The Morgan fingerprint density at radius 3 is 2.29 bits per heavy atom. The van der Waals surface area contributed by atoms with Crippen LogP contribution in [0.4, 0.5) is 0 Å². The van der Waals surface area contributed by atoms with Gasteiger partial charge in [0.05, 0.1) is 0 Å². The Morgan fingerprint density at radius 2 is 1.76 bits per heavy atom. The number of rotatable bonds is 7. The zero-order chi connectivity index (χ0) is 15.7. The van der Waals surface area contributed by atoms with Crippen molar-refractivity contribution in [1.29, 1.82) is 0 Å². The maximum absolute atomic E-state index is 11.9. The molecular weight excluding hydrogens is 264 g/mol. The van der Waals surface area contributed by atoms with Gasteiger partial charge in [-0.1, -0.05) is 39.5 Å². The average Bonchev–Trinajstić information content (AvgIpc) is 2.67. The van der Waals surface area contributed by atoms with Crippen LogP contribution in [0.15, 0.2) is 0 Å². The van der Waals surface area contributed by atoms with Crippen molar-refractivity contribution in [1.82, 2.24) is 10.2 Å². The summed E-state index contributed by atoms with van der Waals surface area (Å²) in [6, 6.07) is 0.341. The second-order valence-electron chi connectivity index (χ2n) is 6.64. The van der Waals surface area contributed by atoms with Gasteiger partial charge >= 0.3 is 0 Å². The highest BCUT2D eigenvalue weighted by Crippen LogP contribution is 2.22. The normalized spacial score (nSPS) is 16.6. The summed E-state index contributed by atoms with van der Waals surface area (Å²) >= 11 is 0. The quantitative estimate of drug-likeness (QED) is 0.734. The van der Waals surface area contributed by atoms with Gasteiger partial charge in [-0.3, -0.25) is 9.59 Å². The number of hydrogen-bond acceptors (Lipinski definition) is 2. The zero-order valence-corrected chi connectivity index (χ0v) is 14.0. The van der Waals surface area contributed by atoms with Gasteiger partial charge in [-0.15, -0.1) is 0 Å². The summed E-state index contributed by atoms with van der Waals surface area (Å²) in [5.41, 5.74) is 0. The van der Waals surface area contributed by atoms with Gasteiger partial charge in [0, 0.05) is 32.5 Å². The van der Waals surface area contributed by atoms with Crippen molar-refractivity contribution in [2.45, 2.75) is 78.2 Å². The Hall–Kier alpha value is -1.06. The summed E-state index contributed by atoms with van der Waals surface area (Å²) in [7, 11) is 0. The molecule has 1 saturated carbocycles. The van der Waals surface area contributed by atoms with E-state index >= 15 is 0 Å². The molecular formula is C17H32N2O2. The Labute approximate surface area is 129 Å². The summed E-state index contributed by atoms with van der Waals surface area (Å²) in [4.78, 5) is 25.6. The van der Waals surface area contributed by atoms with E-state index in [1.807, 2.05) is 4.90 Å². The molecule has 2 amide bonds. The molecule has 0 aromatic rings. The molecule has 0 bridgehead atoms. The molecule has 122 valence electrons. The largest absolute Gasteiger partial charge is 0.356 e. The van der Waals surface area contributed by atoms with Crippen molar-refractivity contribution in [2.24, 2.45) is 5.92 Å². The van der Waals surface area contributed by atoms with Gasteiger partial charge in [-0.25, -0.2) is 0 Å². The van der Waals surface area contributed by atoms with Crippen LogP contribution < -0.4 is 5.32 Å². The van der Waals surface area contributed by atoms with Crippen molar-refractivity contribution in [3.8, 4) is 0 Å². The molecule has 0 aromatic heterocycles. The molecule has 1 aliphatic carbocycles. The molecule has 1 fully saturated rings. The fourth-order valence-electron chi connectivity index (χ4n) is 2.98. The van der Waals surface area contributed by atoms with Crippen LogP contribution >= 0.6 is 0 Å². The monoisotopic (exact) mass is 296 g/mol. The van der Waals surface area contributed by atoms with Crippen molar-refractivity contribution >= 4 is 11.8 Å². The third-order valence-corrected chi connectivity index (χ3v) is 4.29. The summed E-state index contributed by atoms with van der Waals surface area (Å²) < 4.78 is 0. The fraction of sp³-hybridized carbons (Fsp3) is 0.882. The average molecular weight is 296 g/mol. The van der Waals surface area contributed by atoms with E-state index in [4.69, 9.17) is 0 Å². The molecule has 0 saturated heterocycles. The first-order chi connectivity index (χ1) is 10.0. The first-order valence-electron chi connectivity index (χ1n) is 8.54. The first-order valence-corrected chi connectivity index (χ1v) is 8.54. The smallest absolute Gasteiger partial charge is 0.221 e. The van der Waals surface area contributed by atoms with E-state index in [9.17, 15) is 9.59 Å². The minimum Gasteiger partial charge on any atom is -0.356 e. The highest BCUT2D eigenvalue weighted by atomic mass is 16.2. The van der Waals surface area contributed by atoms with Crippen molar-refractivity contribution in [3.63, 3.8) is 0 Å². The molecule has 1 rings (SSSR count). The molecule has 21 heavy (non-hydrogen) atoms. The summed E-state index contributed by atoms with van der Waals surface area (Å²) in [5.74, 6) is 0.775. The highest BCUT2D eigenvalue weighted by Gasteiger charge is 2.22. The summed E-state index contributed by atoms with van der Waals surface area (Å²) in [6.07, 6.45) is 8.57. The van der Waals surface area contributed by atoms with E-state index < -0.39 is 0 Å². The van der Waals surface area contributed by atoms with E-state index in [1.54, 1.807) is 6.92 Å². The molecule has 4 nitrogen and oxygen atoms in total. The summed E-state index contributed by atoms with van der Waals surface area (Å²) in [6.45, 7) is 7.22. The molecule has 0 atom stereocenters.